The highest BCUT2D eigenvalue weighted by atomic mass is 16.5. The lowest BCUT2D eigenvalue weighted by Crippen LogP contribution is -2.26. The van der Waals surface area contributed by atoms with Gasteiger partial charge in [-0.05, 0) is 13.8 Å². The standard InChI is InChI=1S/C11H21NO4/c1-3-15-9-7-12(6-5-11(13)14)8-10-16-4-2/h5-6H,3-4,7-10H2,1-2H3,(H,13,14)/b6-5+. The van der Waals surface area contributed by atoms with Gasteiger partial charge in [0.25, 0.3) is 0 Å². The number of hydrogen-bond donors (Lipinski definition) is 1. The van der Waals surface area contributed by atoms with Crippen LogP contribution in [0.2, 0.25) is 0 Å². The molecule has 0 aromatic carbocycles. The molecule has 0 amide bonds. The molecule has 0 radical (unpaired) electrons. The van der Waals surface area contributed by atoms with Gasteiger partial charge in [0.1, 0.15) is 0 Å². The van der Waals surface area contributed by atoms with Gasteiger partial charge < -0.3 is 19.5 Å². The van der Waals surface area contributed by atoms with Gasteiger partial charge in [-0.1, -0.05) is 0 Å². The molecule has 0 aliphatic heterocycles. The first-order valence-electron chi connectivity index (χ1n) is 5.51. The number of aliphatic carboxylic acids is 1. The molecule has 94 valence electrons. The number of hydrogen-bond acceptors (Lipinski definition) is 4. The van der Waals surface area contributed by atoms with Gasteiger partial charge >= 0.3 is 5.97 Å². The first kappa shape index (κ1) is 14.9. The van der Waals surface area contributed by atoms with E-state index in [0.29, 0.717) is 39.5 Å². The van der Waals surface area contributed by atoms with Crippen molar-refractivity contribution >= 4 is 5.97 Å². The van der Waals surface area contributed by atoms with E-state index in [2.05, 4.69) is 0 Å². The molecule has 16 heavy (non-hydrogen) atoms. The third kappa shape index (κ3) is 9.48. The number of carboxylic acid groups (broad SMARTS) is 1. The van der Waals surface area contributed by atoms with Crippen molar-refractivity contribution in [2.75, 3.05) is 39.5 Å². The van der Waals surface area contributed by atoms with Crippen molar-refractivity contribution in [2.45, 2.75) is 13.8 Å². The van der Waals surface area contributed by atoms with E-state index < -0.39 is 5.97 Å². The monoisotopic (exact) mass is 231 g/mol. The van der Waals surface area contributed by atoms with E-state index in [1.807, 2.05) is 18.7 Å². The second-order valence-electron chi connectivity index (χ2n) is 3.08. The van der Waals surface area contributed by atoms with E-state index in [0.717, 1.165) is 6.08 Å². The summed E-state index contributed by atoms with van der Waals surface area (Å²) in [6, 6.07) is 0. The maximum Gasteiger partial charge on any atom is 0.329 e. The van der Waals surface area contributed by atoms with E-state index in [4.69, 9.17) is 14.6 Å². The molecule has 0 aromatic rings. The van der Waals surface area contributed by atoms with Crippen LogP contribution < -0.4 is 0 Å². The van der Waals surface area contributed by atoms with Crippen LogP contribution in [0.15, 0.2) is 12.3 Å². The van der Waals surface area contributed by atoms with Gasteiger partial charge in [-0.3, -0.25) is 0 Å². The normalized spacial score (nSPS) is 10.9. The smallest absolute Gasteiger partial charge is 0.329 e. The van der Waals surface area contributed by atoms with Gasteiger partial charge in [0.05, 0.1) is 13.2 Å². The molecule has 0 rings (SSSR count). The number of rotatable bonds is 10. The molecular formula is C11H21NO4. The Morgan fingerprint density at radius 1 is 1.19 bits per heavy atom. The van der Waals surface area contributed by atoms with Crippen molar-refractivity contribution in [2.24, 2.45) is 0 Å². The lowest BCUT2D eigenvalue weighted by atomic mass is 10.5. The molecule has 5 heteroatoms. The minimum atomic E-state index is -0.946. The molecule has 5 nitrogen and oxygen atoms in total. The quantitative estimate of drug-likeness (QED) is 0.448. The van der Waals surface area contributed by atoms with Crippen LogP contribution in [0.5, 0.6) is 0 Å². The summed E-state index contributed by atoms with van der Waals surface area (Å²) in [6.07, 6.45) is 2.68. The number of nitrogens with zero attached hydrogens (tertiary/aromatic N) is 1. The first-order valence-corrected chi connectivity index (χ1v) is 5.51. The van der Waals surface area contributed by atoms with Gasteiger partial charge in [0, 0.05) is 38.6 Å². The van der Waals surface area contributed by atoms with Crippen molar-refractivity contribution in [3.05, 3.63) is 12.3 Å². The molecule has 1 N–H and O–H groups in total. The highest BCUT2D eigenvalue weighted by Crippen LogP contribution is 1.92. The summed E-state index contributed by atoms with van der Waals surface area (Å²) < 4.78 is 10.4. The Labute approximate surface area is 96.6 Å². The van der Waals surface area contributed by atoms with Gasteiger partial charge in [0.15, 0.2) is 0 Å². The summed E-state index contributed by atoms with van der Waals surface area (Å²) in [6.45, 7) is 7.72. The summed E-state index contributed by atoms with van der Waals surface area (Å²) in [5.41, 5.74) is 0. The molecule has 0 fully saturated rings. The van der Waals surface area contributed by atoms with Crippen molar-refractivity contribution < 1.29 is 19.4 Å². The molecule has 0 heterocycles. The zero-order chi connectivity index (χ0) is 12.2. The second-order valence-corrected chi connectivity index (χ2v) is 3.08. The molecule has 0 spiro atoms. The van der Waals surface area contributed by atoms with E-state index in [-0.39, 0.29) is 0 Å². The third-order valence-corrected chi connectivity index (χ3v) is 1.88. The van der Waals surface area contributed by atoms with Crippen LogP contribution in [-0.4, -0.2) is 55.5 Å². The zero-order valence-corrected chi connectivity index (χ0v) is 10.0. The molecule has 0 atom stereocenters. The van der Waals surface area contributed by atoms with E-state index in [1.54, 1.807) is 6.20 Å². The van der Waals surface area contributed by atoms with Gasteiger partial charge in [-0.2, -0.15) is 0 Å². The predicted molar refractivity (Wildman–Crippen MR) is 61.3 cm³/mol. The summed E-state index contributed by atoms with van der Waals surface area (Å²) >= 11 is 0. The number of ether oxygens (including phenoxy) is 2. The molecule has 0 aromatic heterocycles. The molecular weight excluding hydrogens is 210 g/mol. The van der Waals surface area contributed by atoms with Crippen LogP contribution in [0.1, 0.15) is 13.8 Å². The summed E-state index contributed by atoms with van der Waals surface area (Å²) in [7, 11) is 0. The van der Waals surface area contributed by atoms with Gasteiger partial charge in [0.2, 0.25) is 0 Å². The summed E-state index contributed by atoms with van der Waals surface area (Å²) in [4.78, 5) is 12.3. The Bertz CT molecular complexity index is 196. The van der Waals surface area contributed by atoms with Gasteiger partial charge in [-0.25, -0.2) is 4.79 Å². The van der Waals surface area contributed by atoms with Crippen molar-refractivity contribution in [1.29, 1.82) is 0 Å². The van der Waals surface area contributed by atoms with E-state index in [1.165, 1.54) is 0 Å². The van der Waals surface area contributed by atoms with Crippen molar-refractivity contribution in [1.82, 2.24) is 4.90 Å². The largest absolute Gasteiger partial charge is 0.478 e. The molecule has 0 saturated heterocycles. The fraction of sp³-hybridized carbons (Fsp3) is 0.727. The maximum absolute atomic E-state index is 10.4. The predicted octanol–water partition coefficient (Wildman–Crippen LogP) is 0.960. The van der Waals surface area contributed by atoms with Crippen LogP contribution >= 0.6 is 0 Å². The molecule has 0 aliphatic carbocycles. The van der Waals surface area contributed by atoms with Crippen molar-refractivity contribution in [3.63, 3.8) is 0 Å². The fourth-order valence-electron chi connectivity index (χ4n) is 1.08. The fourth-order valence-corrected chi connectivity index (χ4v) is 1.08. The molecule has 0 unspecified atom stereocenters. The Morgan fingerprint density at radius 3 is 2.06 bits per heavy atom. The Balaban J connectivity index is 3.89. The topological polar surface area (TPSA) is 59.0 Å². The first-order chi connectivity index (χ1) is 7.70. The highest BCUT2D eigenvalue weighted by molar-refractivity contribution is 5.79. The summed E-state index contributed by atoms with van der Waals surface area (Å²) in [5.74, 6) is -0.946. The summed E-state index contributed by atoms with van der Waals surface area (Å²) in [5, 5.41) is 8.53. The number of carboxylic acids is 1. The molecule has 0 bridgehead atoms. The Hall–Kier alpha value is -1.07. The van der Waals surface area contributed by atoms with Crippen LogP contribution in [0.25, 0.3) is 0 Å². The minimum Gasteiger partial charge on any atom is -0.478 e. The minimum absolute atomic E-state index is 0.590. The molecule has 0 aliphatic rings. The Morgan fingerprint density at radius 2 is 1.69 bits per heavy atom. The number of carbonyl (C=O) groups is 1. The third-order valence-electron chi connectivity index (χ3n) is 1.88. The average Bonchev–Trinajstić information content (AvgIpc) is 2.25. The van der Waals surface area contributed by atoms with Crippen molar-refractivity contribution in [3.8, 4) is 0 Å². The lowest BCUT2D eigenvalue weighted by molar-refractivity contribution is -0.131. The molecule has 0 saturated carbocycles. The van der Waals surface area contributed by atoms with Crippen LogP contribution in [0, 0.1) is 0 Å². The highest BCUT2D eigenvalue weighted by Gasteiger charge is 2.00. The van der Waals surface area contributed by atoms with Crippen LogP contribution in [0.3, 0.4) is 0 Å². The second kappa shape index (κ2) is 10.4. The van der Waals surface area contributed by atoms with Crippen LogP contribution in [0.4, 0.5) is 0 Å². The van der Waals surface area contributed by atoms with Crippen LogP contribution in [-0.2, 0) is 14.3 Å². The van der Waals surface area contributed by atoms with Gasteiger partial charge in [-0.15, -0.1) is 0 Å². The van der Waals surface area contributed by atoms with E-state index >= 15 is 0 Å². The lowest BCUT2D eigenvalue weighted by Gasteiger charge is -2.19. The maximum atomic E-state index is 10.4. The van der Waals surface area contributed by atoms with E-state index in [9.17, 15) is 4.79 Å². The average molecular weight is 231 g/mol. The SMILES string of the molecule is CCOCCN(/C=C/C(=O)O)CCOCC. The zero-order valence-electron chi connectivity index (χ0n) is 10.0. The Kier molecular flexibility index (Phi) is 9.75.